The quantitative estimate of drug-likeness (QED) is 0.802. The summed E-state index contributed by atoms with van der Waals surface area (Å²) < 4.78 is 5.56. The highest BCUT2D eigenvalue weighted by molar-refractivity contribution is 5.36. The maximum atomic E-state index is 5.56. The van der Waals surface area contributed by atoms with Gasteiger partial charge in [-0.05, 0) is 74.6 Å². The predicted molar refractivity (Wildman–Crippen MR) is 92.5 cm³/mol. The van der Waals surface area contributed by atoms with E-state index in [1.165, 1.54) is 50.8 Å². The van der Waals surface area contributed by atoms with Gasteiger partial charge >= 0.3 is 0 Å². The molecule has 2 aliphatic rings. The molecule has 2 heteroatoms. The fraction of sp³-hybridized carbons (Fsp3) is 0.700. The van der Waals surface area contributed by atoms with Crippen LogP contribution < -0.4 is 4.74 Å². The maximum absolute atomic E-state index is 5.56. The molecule has 1 aromatic carbocycles. The van der Waals surface area contributed by atoms with E-state index in [9.17, 15) is 0 Å². The van der Waals surface area contributed by atoms with Crippen molar-refractivity contribution in [3.05, 3.63) is 29.8 Å². The Morgan fingerprint density at radius 2 is 1.59 bits per heavy atom. The summed E-state index contributed by atoms with van der Waals surface area (Å²) in [4.78, 5) is 2.78. The molecular formula is C20H31NO. The van der Waals surface area contributed by atoms with Crippen molar-refractivity contribution in [2.45, 2.75) is 57.9 Å². The molecule has 22 heavy (non-hydrogen) atoms. The number of likely N-dealkylation sites (tertiary alicyclic amines) is 1. The van der Waals surface area contributed by atoms with Gasteiger partial charge < -0.3 is 9.64 Å². The predicted octanol–water partition coefficient (Wildman–Crippen LogP) is 4.70. The Hall–Kier alpha value is -1.02. The van der Waals surface area contributed by atoms with Crippen molar-refractivity contribution in [3.63, 3.8) is 0 Å². The molecule has 3 rings (SSSR count). The van der Waals surface area contributed by atoms with E-state index in [4.69, 9.17) is 4.74 Å². The van der Waals surface area contributed by atoms with E-state index in [-0.39, 0.29) is 0 Å². The molecule has 0 aromatic heterocycles. The van der Waals surface area contributed by atoms with Gasteiger partial charge in [0.1, 0.15) is 5.75 Å². The van der Waals surface area contributed by atoms with Crippen molar-refractivity contribution in [1.29, 1.82) is 0 Å². The average Bonchev–Trinajstić information content (AvgIpc) is 2.54. The molecular weight excluding hydrogens is 270 g/mol. The van der Waals surface area contributed by atoms with Crippen LogP contribution in [0.1, 0.15) is 57.4 Å². The Morgan fingerprint density at radius 1 is 0.955 bits per heavy atom. The van der Waals surface area contributed by atoms with E-state index in [0.717, 1.165) is 23.6 Å². The van der Waals surface area contributed by atoms with Crippen LogP contribution in [-0.2, 0) is 0 Å². The van der Waals surface area contributed by atoms with E-state index in [1.807, 2.05) is 0 Å². The fourth-order valence-corrected chi connectivity index (χ4v) is 4.78. The highest BCUT2D eigenvalue weighted by Gasteiger charge is 2.31. The molecule has 0 N–H and O–H groups in total. The minimum absolute atomic E-state index is 0.672. The Bertz CT molecular complexity index is 468. The molecule has 122 valence electrons. The second-order valence-electron chi connectivity index (χ2n) is 7.62. The molecule has 0 amide bonds. The van der Waals surface area contributed by atoms with Gasteiger partial charge in [-0.2, -0.15) is 0 Å². The lowest BCUT2D eigenvalue weighted by Gasteiger charge is -2.42. The number of benzene rings is 1. The Kier molecular flexibility index (Phi) is 5.07. The first-order chi connectivity index (χ1) is 10.7. The van der Waals surface area contributed by atoms with Crippen molar-refractivity contribution in [2.24, 2.45) is 11.8 Å². The smallest absolute Gasteiger partial charge is 0.122 e. The summed E-state index contributed by atoms with van der Waals surface area (Å²) in [5, 5.41) is 0. The molecule has 1 aliphatic heterocycles. The van der Waals surface area contributed by atoms with Crippen LogP contribution in [0.5, 0.6) is 5.75 Å². The summed E-state index contributed by atoms with van der Waals surface area (Å²) in [6, 6.07) is 9.41. The van der Waals surface area contributed by atoms with Gasteiger partial charge in [-0.25, -0.2) is 0 Å². The highest BCUT2D eigenvalue weighted by atomic mass is 16.5. The van der Waals surface area contributed by atoms with Gasteiger partial charge in [0.15, 0.2) is 0 Å². The zero-order valence-corrected chi connectivity index (χ0v) is 14.4. The molecule has 1 aliphatic carbocycles. The van der Waals surface area contributed by atoms with E-state index in [0.29, 0.717) is 5.92 Å². The molecule has 2 atom stereocenters. The van der Waals surface area contributed by atoms with Gasteiger partial charge in [0.2, 0.25) is 0 Å². The lowest BCUT2D eigenvalue weighted by atomic mass is 9.78. The molecule has 1 saturated heterocycles. The zero-order valence-electron chi connectivity index (χ0n) is 14.4. The van der Waals surface area contributed by atoms with Crippen molar-refractivity contribution >= 4 is 0 Å². The topological polar surface area (TPSA) is 12.5 Å². The Labute approximate surface area is 135 Å². The van der Waals surface area contributed by atoms with Crippen LogP contribution in [0.3, 0.4) is 0 Å². The number of nitrogens with zero attached hydrogens (tertiary/aromatic N) is 1. The van der Waals surface area contributed by atoms with Gasteiger partial charge in [0, 0.05) is 6.04 Å². The van der Waals surface area contributed by atoms with Crippen LogP contribution in [0, 0.1) is 11.8 Å². The van der Waals surface area contributed by atoms with Gasteiger partial charge in [0.05, 0.1) is 7.11 Å². The molecule has 0 unspecified atom stereocenters. The first kappa shape index (κ1) is 15.9. The minimum Gasteiger partial charge on any atom is -0.496 e. The monoisotopic (exact) mass is 301 g/mol. The summed E-state index contributed by atoms with van der Waals surface area (Å²) in [7, 11) is 1.79. The van der Waals surface area contributed by atoms with Gasteiger partial charge in [0.25, 0.3) is 0 Å². The number of ether oxygens (including phenoxy) is 1. The van der Waals surface area contributed by atoms with E-state index < -0.39 is 0 Å². The fourth-order valence-electron chi connectivity index (χ4n) is 4.78. The standard InChI is InChI=1S/C20H31NO/c1-15-12-16(2)14-18(13-15)21-10-8-17(9-11-21)19-6-4-5-7-20(19)22-3/h4-7,15-18H,8-14H2,1-3H3/t15-,16-/m1/s1. The number of rotatable bonds is 3. The number of hydrogen-bond donors (Lipinski definition) is 0. The molecule has 0 spiro atoms. The largest absolute Gasteiger partial charge is 0.496 e. The third-order valence-corrected chi connectivity index (χ3v) is 5.78. The van der Waals surface area contributed by atoms with Crippen LogP contribution in [0.15, 0.2) is 24.3 Å². The summed E-state index contributed by atoms with van der Waals surface area (Å²) in [6.45, 7) is 7.38. The molecule has 1 saturated carbocycles. The Balaban J connectivity index is 1.60. The SMILES string of the molecule is COc1ccccc1C1CCN(C2C[C@H](C)C[C@@H](C)C2)CC1. The summed E-state index contributed by atoms with van der Waals surface area (Å²) in [5.41, 5.74) is 1.41. The highest BCUT2D eigenvalue weighted by Crippen LogP contribution is 2.37. The summed E-state index contributed by atoms with van der Waals surface area (Å²) in [6.07, 6.45) is 6.79. The Morgan fingerprint density at radius 3 is 2.23 bits per heavy atom. The van der Waals surface area contributed by atoms with Crippen LogP contribution in [0.25, 0.3) is 0 Å². The molecule has 0 bridgehead atoms. The molecule has 1 heterocycles. The molecule has 2 nitrogen and oxygen atoms in total. The van der Waals surface area contributed by atoms with Crippen LogP contribution in [-0.4, -0.2) is 31.1 Å². The molecule has 1 aromatic rings. The van der Waals surface area contributed by atoms with Crippen LogP contribution in [0.4, 0.5) is 0 Å². The molecule has 2 fully saturated rings. The van der Waals surface area contributed by atoms with E-state index in [2.05, 4.69) is 43.0 Å². The van der Waals surface area contributed by atoms with Crippen molar-refractivity contribution in [2.75, 3.05) is 20.2 Å². The van der Waals surface area contributed by atoms with E-state index >= 15 is 0 Å². The third-order valence-electron chi connectivity index (χ3n) is 5.78. The third kappa shape index (κ3) is 3.48. The number of methoxy groups -OCH3 is 1. The second kappa shape index (κ2) is 7.04. The van der Waals surface area contributed by atoms with Crippen LogP contribution >= 0.6 is 0 Å². The lowest BCUT2D eigenvalue weighted by molar-refractivity contribution is 0.0858. The van der Waals surface area contributed by atoms with Crippen molar-refractivity contribution < 1.29 is 4.74 Å². The number of hydrogen-bond acceptors (Lipinski definition) is 2. The zero-order chi connectivity index (χ0) is 15.5. The van der Waals surface area contributed by atoms with Gasteiger partial charge in [-0.1, -0.05) is 32.0 Å². The number of piperidine rings is 1. The van der Waals surface area contributed by atoms with Gasteiger partial charge in [-0.15, -0.1) is 0 Å². The average molecular weight is 301 g/mol. The number of para-hydroxylation sites is 1. The molecule has 0 radical (unpaired) electrons. The van der Waals surface area contributed by atoms with Crippen molar-refractivity contribution in [1.82, 2.24) is 4.90 Å². The first-order valence-corrected chi connectivity index (χ1v) is 9.04. The minimum atomic E-state index is 0.672. The van der Waals surface area contributed by atoms with Gasteiger partial charge in [-0.3, -0.25) is 0 Å². The normalized spacial score (nSPS) is 31.1. The lowest BCUT2D eigenvalue weighted by Crippen LogP contribution is -2.44. The van der Waals surface area contributed by atoms with Crippen LogP contribution in [0.2, 0.25) is 0 Å². The maximum Gasteiger partial charge on any atom is 0.122 e. The second-order valence-corrected chi connectivity index (χ2v) is 7.62. The van der Waals surface area contributed by atoms with Crippen molar-refractivity contribution in [3.8, 4) is 5.75 Å². The van der Waals surface area contributed by atoms with E-state index in [1.54, 1.807) is 7.11 Å². The first-order valence-electron chi connectivity index (χ1n) is 9.04. The summed E-state index contributed by atoms with van der Waals surface area (Å²) >= 11 is 0. The summed E-state index contributed by atoms with van der Waals surface area (Å²) in [5.74, 6) is 3.55.